The van der Waals surface area contributed by atoms with Crippen molar-refractivity contribution in [3.63, 3.8) is 0 Å². The summed E-state index contributed by atoms with van der Waals surface area (Å²) in [5.74, 6) is -0.365. The molecule has 2 aromatic rings. The number of ether oxygens (including phenoxy) is 3. The lowest BCUT2D eigenvalue weighted by Gasteiger charge is -2.14. The number of hydrogen-bond donors (Lipinski definition) is 2. The highest BCUT2D eigenvalue weighted by molar-refractivity contribution is 7.17. The van der Waals surface area contributed by atoms with Gasteiger partial charge < -0.3 is 24.6 Å². The van der Waals surface area contributed by atoms with Gasteiger partial charge in [-0.2, -0.15) is 0 Å². The second-order valence-electron chi connectivity index (χ2n) is 6.09. The minimum absolute atomic E-state index is 0.204. The first kappa shape index (κ1) is 19.0. The van der Waals surface area contributed by atoms with E-state index in [1.165, 1.54) is 44.8 Å². The minimum Gasteiger partial charge on any atom is -0.493 e. The molecule has 2 N–H and O–H groups in total. The summed E-state index contributed by atoms with van der Waals surface area (Å²) in [5, 5.41) is 12.7. The first-order valence-electron chi connectivity index (χ1n) is 8.49. The first-order chi connectivity index (χ1) is 13.0. The quantitative estimate of drug-likeness (QED) is 0.781. The molecule has 1 aromatic carbocycles. The lowest BCUT2D eigenvalue weighted by Crippen LogP contribution is -2.14. The molecule has 1 aromatic heterocycles. The van der Waals surface area contributed by atoms with Crippen LogP contribution in [-0.2, 0) is 12.8 Å². The molecule has 7 nitrogen and oxygen atoms in total. The summed E-state index contributed by atoms with van der Waals surface area (Å²) in [7, 11) is 4.42. The molecule has 0 spiro atoms. The molecule has 0 bridgehead atoms. The number of rotatable bonds is 6. The zero-order valence-corrected chi connectivity index (χ0v) is 16.2. The van der Waals surface area contributed by atoms with Gasteiger partial charge >= 0.3 is 5.97 Å². The Morgan fingerprint density at radius 2 is 1.67 bits per heavy atom. The lowest BCUT2D eigenvalue weighted by molar-refractivity contribution is 0.0697. The van der Waals surface area contributed by atoms with Crippen LogP contribution in [0.1, 0.15) is 44.0 Å². The van der Waals surface area contributed by atoms with Crippen molar-refractivity contribution in [1.82, 2.24) is 0 Å². The second kappa shape index (κ2) is 7.87. The van der Waals surface area contributed by atoms with Gasteiger partial charge in [-0.05, 0) is 43.4 Å². The van der Waals surface area contributed by atoms with Crippen LogP contribution in [0, 0.1) is 0 Å². The van der Waals surface area contributed by atoms with Gasteiger partial charge in [0.1, 0.15) is 5.00 Å². The molecule has 0 fully saturated rings. The second-order valence-corrected chi connectivity index (χ2v) is 7.19. The van der Waals surface area contributed by atoms with E-state index in [4.69, 9.17) is 14.2 Å². The molecule has 3 rings (SSSR count). The van der Waals surface area contributed by atoms with Crippen molar-refractivity contribution in [3.05, 3.63) is 33.7 Å². The Kier molecular flexibility index (Phi) is 5.55. The van der Waals surface area contributed by atoms with E-state index in [0.29, 0.717) is 22.2 Å². The standard InChI is InChI=1S/C19H21NO6S/c1-24-12-8-10(9-13(25-2)16(12)26-3)17(21)20-18-15(19(22)23)11-6-4-5-7-14(11)27-18/h8-9H,4-7H2,1-3H3,(H,20,21)(H,22,23). The summed E-state index contributed by atoms with van der Waals surface area (Å²) < 4.78 is 15.8. The van der Waals surface area contributed by atoms with Gasteiger partial charge in [-0.3, -0.25) is 4.79 Å². The first-order valence-corrected chi connectivity index (χ1v) is 9.31. The number of thiophene rings is 1. The molecule has 0 unspecified atom stereocenters. The van der Waals surface area contributed by atoms with E-state index in [1.54, 1.807) is 0 Å². The molecule has 1 heterocycles. The Hall–Kier alpha value is -2.74. The van der Waals surface area contributed by atoms with Crippen LogP contribution in [0.4, 0.5) is 5.00 Å². The highest BCUT2D eigenvalue weighted by Gasteiger charge is 2.27. The average Bonchev–Trinajstić information content (AvgIpc) is 3.04. The molecular weight excluding hydrogens is 370 g/mol. The van der Waals surface area contributed by atoms with Crippen molar-refractivity contribution in [1.29, 1.82) is 0 Å². The number of benzene rings is 1. The number of carbonyl (C=O) groups is 2. The molecule has 0 saturated carbocycles. The number of aryl methyl sites for hydroxylation is 1. The molecule has 0 radical (unpaired) electrons. The van der Waals surface area contributed by atoms with Crippen molar-refractivity contribution >= 4 is 28.2 Å². The predicted octanol–water partition coefficient (Wildman–Crippen LogP) is 3.60. The molecule has 0 atom stereocenters. The highest BCUT2D eigenvalue weighted by Crippen LogP contribution is 2.40. The van der Waals surface area contributed by atoms with E-state index < -0.39 is 11.9 Å². The Morgan fingerprint density at radius 3 is 2.22 bits per heavy atom. The van der Waals surface area contributed by atoms with Crippen LogP contribution in [-0.4, -0.2) is 38.3 Å². The SMILES string of the molecule is COc1cc(C(=O)Nc2sc3c(c2C(=O)O)CCCC3)cc(OC)c1OC. The summed E-state index contributed by atoms with van der Waals surface area (Å²) in [4.78, 5) is 25.6. The number of carboxylic acid groups (broad SMARTS) is 1. The van der Waals surface area contributed by atoms with E-state index in [-0.39, 0.29) is 11.1 Å². The van der Waals surface area contributed by atoms with E-state index in [9.17, 15) is 14.7 Å². The molecule has 1 amide bonds. The van der Waals surface area contributed by atoms with Gasteiger partial charge in [-0.15, -0.1) is 11.3 Å². The maximum absolute atomic E-state index is 12.8. The van der Waals surface area contributed by atoms with Crippen LogP contribution in [0.25, 0.3) is 0 Å². The number of anilines is 1. The number of carbonyl (C=O) groups excluding carboxylic acids is 1. The normalized spacial score (nSPS) is 12.9. The maximum atomic E-state index is 12.8. The largest absolute Gasteiger partial charge is 0.493 e. The fraction of sp³-hybridized carbons (Fsp3) is 0.368. The van der Waals surface area contributed by atoms with Crippen molar-refractivity contribution in [2.24, 2.45) is 0 Å². The van der Waals surface area contributed by atoms with Crippen LogP contribution >= 0.6 is 11.3 Å². The van der Waals surface area contributed by atoms with Gasteiger partial charge in [0.15, 0.2) is 11.5 Å². The van der Waals surface area contributed by atoms with Gasteiger partial charge in [0.05, 0.1) is 26.9 Å². The lowest BCUT2D eigenvalue weighted by atomic mass is 9.95. The number of methoxy groups -OCH3 is 3. The third-order valence-corrected chi connectivity index (χ3v) is 5.75. The third kappa shape index (κ3) is 3.57. The third-order valence-electron chi connectivity index (χ3n) is 4.54. The molecule has 8 heteroatoms. The van der Waals surface area contributed by atoms with Crippen LogP contribution in [0.15, 0.2) is 12.1 Å². The van der Waals surface area contributed by atoms with Crippen molar-refractivity contribution in [3.8, 4) is 17.2 Å². The van der Waals surface area contributed by atoms with Crippen molar-refractivity contribution in [2.75, 3.05) is 26.6 Å². The summed E-state index contributed by atoms with van der Waals surface area (Å²) in [6, 6.07) is 3.06. The predicted molar refractivity (Wildman–Crippen MR) is 102 cm³/mol. The summed E-state index contributed by atoms with van der Waals surface area (Å²) in [6.45, 7) is 0. The van der Waals surface area contributed by atoms with Gasteiger partial charge in [-0.1, -0.05) is 0 Å². The summed E-state index contributed by atoms with van der Waals surface area (Å²) in [6.07, 6.45) is 3.57. The maximum Gasteiger partial charge on any atom is 0.339 e. The average molecular weight is 391 g/mol. The molecule has 1 aliphatic carbocycles. The van der Waals surface area contributed by atoms with Gasteiger partial charge in [0.2, 0.25) is 5.75 Å². The van der Waals surface area contributed by atoms with Gasteiger partial charge in [0, 0.05) is 10.4 Å². The molecule has 144 valence electrons. The Bertz CT molecular complexity index is 864. The number of hydrogen-bond acceptors (Lipinski definition) is 6. The topological polar surface area (TPSA) is 94.1 Å². The Morgan fingerprint density at radius 1 is 1.04 bits per heavy atom. The van der Waals surface area contributed by atoms with E-state index in [0.717, 1.165) is 36.1 Å². The Labute approximate surface area is 160 Å². The van der Waals surface area contributed by atoms with Crippen molar-refractivity contribution < 1.29 is 28.9 Å². The number of aromatic carboxylic acids is 1. The van der Waals surface area contributed by atoms with Crippen LogP contribution in [0.5, 0.6) is 17.2 Å². The number of nitrogens with one attached hydrogen (secondary N) is 1. The molecule has 0 saturated heterocycles. The van der Waals surface area contributed by atoms with E-state index in [1.807, 2.05) is 0 Å². The molecule has 0 aliphatic heterocycles. The smallest absolute Gasteiger partial charge is 0.339 e. The monoisotopic (exact) mass is 391 g/mol. The molecule has 27 heavy (non-hydrogen) atoms. The van der Waals surface area contributed by atoms with E-state index >= 15 is 0 Å². The van der Waals surface area contributed by atoms with Gasteiger partial charge in [0.25, 0.3) is 5.91 Å². The summed E-state index contributed by atoms with van der Waals surface area (Å²) in [5.41, 5.74) is 1.33. The fourth-order valence-corrected chi connectivity index (χ4v) is 4.54. The molecule has 1 aliphatic rings. The number of amides is 1. The minimum atomic E-state index is -1.02. The van der Waals surface area contributed by atoms with Crippen LogP contribution in [0.2, 0.25) is 0 Å². The fourth-order valence-electron chi connectivity index (χ4n) is 3.27. The van der Waals surface area contributed by atoms with E-state index in [2.05, 4.69) is 5.32 Å². The van der Waals surface area contributed by atoms with Crippen LogP contribution in [0.3, 0.4) is 0 Å². The Balaban J connectivity index is 1.97. The number of carboxylic acids is 1. The zero-order valence-electron chi connectivity index (χ0n) is 15.4. The zero-order chi connectivity index (χ0) is 19.6. The van der Waals surface area contributed by atoms with Crippen molar-refractivity contribution in [2.45, 2.75) is 25.7 Å². The van der Waals surface area contributed by atoms with Crippen LogP contribution < -0.4 is 19.5 Å². The van der Waals surface area contributed by atoms with Gasteiger partial charge in [-0.25, -0.2) is 4.79 Å². The highest BCUT2D eigenvalue weighted by atomic mass is 32.1. The summed E-state index contributed by atoms with van der Waals surface area (Å²) >= 11 is 1.34. The molecular formula is C19H21NO6S. The number of fused-ring (bicyclic) bond motifs is 1.